The summed E-state index contributed by atoms with van der Waals surface area (Å²) in [6.07, 6.45) is 0. The lowest BCUT2D eigenvalue weighted by Gasteiger charge is -1.94. The summed E-state index contributed by atoms with van der Waals surface area (Å²) in [6.45, 7) is 1.54. The Morgan fingerprint density at radius 1 is 1.31 bits per heavy atom. The number of rotatable bonds is 5. The fourth-order valence-electron chi connectivity index (χ4n) is 0.876. The Labute approximate surface area is 94.3 Å². The summed E-state index contributed by atoms with van der Waals surface area (Å²) in [4.78, 5) is 10.7. The van der Waals surface area contributed by atoms with Crippen molar-refractivity contribution in [2.75, 3.05) is 13.7 Å². The summed E-state index contributed by atoms with van der Waals surface area (Å²) in [7, 11) is -1.13. The third-order valence-electron chi connectivity index (χ3n) is 1.72. The van der Waals surface area contributed by atoms with Crippen molar-refractivity contribution in [1.82, 2.24) is 0 Å². The van der Waals surface area contributed by atoms with E-state index in [2.05, 4.69) is 9.26 Å². The molecule has 1 rings (SSSR count). The average molecular weight is 243 g/mol. The molecule has 1 unspecified atom stereocenters. The summed E-state index contributed by atoms with van der Waals surface area (Å²) < 4.78 is 25.1. The highest BCUT2D eigenvalue weighted by molar-refractivity contribution is 7.33. The van der Waals surface area contributed by atoms with E-state index < -0.39 is 20.8 Å². The van der Waals surface area contributed by atoms with Crippen molar-refractivity contribution in [3.8, 4) is 5.75 Å². The van der Waals surface area contributed by atoms with Crippen molar-refractivity contribution < 1.29 is 23.1 Å². The SMILES string of the molecule is COC(=O)CO[P+](=O)Oc1ccc(C)cc1. The maximum absolute atomic E-state index is 11.2. The molecule has 0 radical (unpaired) electrons. The first-order chi connectivity index (χ1) is 7.61. The number of carbonyl (C=O) groups excluding carboxylic acids is 1. The number of benzene rings is 1. The van der Waals surface area contributed by atoms with Crippen LogP contribution >= 0.6 is 8.25 Å². The smallest absolute Gasteiger partial charge is 0.467 e. The summed E-state index contributed by atoms with van der Waals surface area (Å²) in [5.41, 5.74) is 1.07. The third kappa shape index (κ3) is 4.38. The van der Waals surface area contributed by atoms with E-state index in [9.17, 15) is 9.36 Å². The second-order valence-electron chi connectivity index (χ2n) is 2.98. The van der Waals surface area contributed by atoms with Gasteiger partial charge in [-0.2, -0.15) is 0 Å². The molecule has 0 amide bonds. The lowest BCUT2D eigenvalue weighted by atomic mass is 10.2. The van der Waals surface area contributed by atoms with Gasteiger partial charge >= 0.3 is 14.2 Å². The molecule has 0 heterocycles. The van der Waals surface area contributed by atoms with Gasteiger partial charge in [-0.15, -0.1) is 0 Å². The van der Waals surface area contributed by atoms with Crippen LogP contribution in [-0.4, -0.2) is 19.7 Å². The largest absolute Gasteiger partial charge is 0.750 e. The fraction of sp³-hybridized carbons (Fsp3) is 0.300. The van der Waals surface area contributed by atoms with Gasteiger partial charge in [-0.25, -0.2) is 9.32 Å². The van der Waals surface area contributed by atoms with Gasteiger partial charge in [0.15, 0.2) is 5.75 Å². The Morgan fingerprint density at radius 3 is 2.50 bits per heavy atom. The zero-order chi connectivity index (χ0) is 12.0. The van der Waals surface area contributed by atoms with Crippen LogP contribution in [0.2, 0.25) is 0 Å². The molecule has 0 N–H and O–H groups in total. The normalized spacial score (nSPS) is 10.8. The molecule has 0 aliphatic rings. The van der Waals surface area contributed by atoms with Crippen LogP contribution in [0, 0.1) is 6.92 Å². The van der Waals surface area contributed by atoms with E-state index >= 15 is 0 Å². The zero-order valence-electron chi connectivity index (χ0n) is 9.00. The summed E-state index contributed by atoms with van der Waals surface area (Å²) >= 11 is 0. The predicted molar refractivity (Wildman–Crippen MR) is 57.4 cm³/mol. The Kier molecular flexibility index (Phi) is 4.89. The summed E-state index contributed by atoms with van der Waals surface area (Å²) in [5, 5.41) is 0. The molecule has 0 spiro atoms. The quantitative estimate of drug-likeness (QED) is 0.586. The number of methoxy groups -OCH3 is 1. The zero-order valence-corrected chi connectivity index (χ0v) is 9.90. The summed E-state index contributed by atoms with van der Waals surface area (Å²) in [6, 6.07) is 6.98. The molecule has 0 saturated heterocycles. The minimum absolute atomic E-state index is 0.391. The van der Waals surface area contributed by atoms with Gasteiger partial charge in [0.1, 0.15) is 0 Å². The lowest BCUT2D eigenvalue weighted by molar-refractivity contribution is -0.142. The second kappa shape index (κ2) is 6.20. The topological polar surface area (TPSA) is 61.8 Å². The highest BCUT2D eigenvalue weighted by Crippen LogP contribution is 2.27. The maximum Gasteiger partial charge on any atom is 0.750 e. The van der Waals surface area contributed by atoms with Crippen LogP contribution in [0.3, 0.4) is 0 Å². The van der Waals surface area contributed by atoms with E-state index in [-0.39, 0.29) is 0 Å². The standard InChI is InChI=1S/C10H12O5P/c1-8-3-5-9(6-4-8)15-16(12)14-7-10(11)13-2/h3-6H,7H2,1-2H3/q+1. The molecule has 16 heavy (non-hydrogen) atoms. The molecule has 0 aliphatic carbocycles. The molecule has 0 saturated carbocycles. The van der Waals surface area contributed by atoms with E-state index in [1.807, 2.05) is 19.1 Å². The van der Waals surface area contributed by atoms with Crippen LogP contribution < -0.4 is 4.52 Å². The first-order valence-electron chi connectivity index (χ1n) is 4.53. The fourth-order valence-corrected chi connectivity index (χ4v) is 1.43. The van der Waals surface area contributed by atoms with Crippen LogP contribution in [0.15, 0.2) is 24.3 Å². The van der Waals surface area contributed by atoms with Crippen molar-refractivity contribution >= 4 is 14.2 Å². The minimum Gasteiger partial charge on any atom is -0.467 e. The Bertz CT molecular complexity index is 373. The molecule has 0 bridgehead atoms. The molecular weight excluding hydrogens is 231 g/mol. The molecule has 0 fully saturated rings. The van der Waals surface area contributed by atoms with Crippen LogP contribution in [0.1, 0.15) is 5.56 Å². The molecule has 1 aromatic carbocycles. The molecule has 86 valence electrons. The van der Waals surface area contributed by atoms with Crippen LogP contribution in [0.5, 0.6) is 5.75 Å². The second-order valence-corrected chi connectivity index (χ2v) is 3.87. The van der Waals surface area contributed by atoms with Gasteiger partial charge in [0.25, 0.3) is 0 Å². The Hall–Kier alpha value is -1.45. The number of hydrogen-bond acceptors (Lipinski definition) is 5. The van der Waals surface area contributed by atoms with Gasteiger partial charge in [0.05, 0.1) is 7.11 Å². The predicted octanol–water partition coefficient (Wildman–Crippen LogP) is 2.22. The number of ether oxygens (including phenoxy) is 1. The maximum atomic E-state index is 11.2. The first-order valence-corrected chi connectivity index (χ1v) is 5.63. The first kappa shape index (κ1) is 12.6. The Balaban J connectivity index is 2.40. The molecule has 5 nitrogen and oxygen atoms in total. The molecule has 0 aliphatic heterocycles. The molecule has 6 heteroatoms. The average Bonchev–Trinajstić information content (AvgIpc) is 2.29. The van der Waals surface area contributed by atoms with Gasteiger partial charge in [-0.05, 0) is 19.1 Å². The molecule has 0 aromatic heterocycles. The van der Waals surface area contributed by atoms with Gasteiger partial charge < -0.3 is 4.74 Å². The highest BCUT2D eigenvalue weighted by atomic mass is 31.1. The molecule has 1 atom stereocenters. The molecular formula is C10H12O5P+. The Morgan fingerprint density at radius 2 is 1.94 bits per heavy atom. The van der Waals surface area contributed by atoms with E-state index in [4.69, 9.17) is 4.52 Å². The van der Waals surface area contributed by atoms with E-state index in [1.165, 1.54) is 7.11 Å². The van der Waals surface area contributed by atoms with E-state index in [1.54, 1.807) is 12.1 Å². The number of hydrogen-bond donors (Lipinski definition) is 0. The van der Waals surface area contributed by atoms with E-state index in [0.29, 0.717) is 5.75 Å². The highest BCUT2D eigenvalue weighted by Gasteiger charge is 2.24. The third-order valence-corrected chi connectivity index (χ3v) is 2.42. The minimum atomic E-state index is -2.36. The van der Waals surface area contributed by atoms with Gasteiger partial charge in [0.2, 0.25) is 6.61 Å². The number of aryl methyl sites for hydroxylation is 1. The number of esters is 1. The van der Waals surface area contributed by atoms with Crippen molar-refractivity contribution in [1.29, 1.82) is 0 Å². The van der Waals surface area contributed by atoms with Crippen LogP contribution in [-0.2, 0) is 18.6 Å². The van der Waals surface area contributed by atoms with Crippen molar-refractivity contribution in [3.63, 3.8) is 0 Å². The summed E-state index contributed by atoms with van der Waals surface area (Å²) in [5.74, 6) is -0.174. The number of carbonyl (C=O) groups is 1. The van der Waals surface area contributed by atoms with Gasteiger partial charge in [-0.3, -0.25) is 0 Å². The van der Waals surface area contributed by atoms with Crippen molar-refractivity contribution in [2.24, 2.45) is 0 Å². The van der Waals surface area contributed by atoms with Gasteiger partial charge in [-0.1, -0.05) is 22.2 Å². The van der Waals surface area contributed by atoms with Crippen LogP contribution in [0.25, 0.3) is 0 Å². The molecule has 1 aromatic rings. The van der Waals surface area contributed by atoms with Crippen molar-refractivity contribution in [3.05, 3.63) is 29.8 Å². The van der Waals surface area contributed by atoms with Gasteiger partial charge in [0, 0.05) is 4.57 Å². The van der Waals surface area contributed by atoms with Crippen LogP contribution in [0.4, 0.5) is 0 Å². The van der Waals surface area contributed by atoms with E-state index in [0.717, 1.165) is 5.56 Å². The lowest BCUT2D eigenvalue weighted by Crippen LogP contribution is -2.07. The van der Waals surface area contributed by atoms with Crippen molar-refractivity contribution in [2.45, 2.75) is 6.92 Å². The monoisotopic (exact) mass is 243 g/mol.